The lowest BCUT2D eigenvalue weighted by Gasteiger charge is -2.26. The molecule has 0 aromatic rings. The van der Waals surface area contributed by atoms with Gasteiger partial charge in [-0.2, -0.15) is 5.26 Å². The third kappa shape index (κ3) is 11.3. The number of carbonyl (C=O) groups is 1. The molecule has 0 heterocycles. The van der Waals surface area contributed by atoms with Crippen LogP contribution in [0.5, 0.6) is 0 Å². The van der Waals surface area contributed by atoms with Crippen LogP contribution >= 0.6 is 0 Å². The third-order valence-electron chi connectivity index (χ3n) is 5.60. The van der Waals surface area contributed by atoms with Crippen molar-refractivity contribution in [2.45, 2.75) is 97.3 Å². The van der Waals surface area contributed by atoms with Crippen molar-refractivity contribution in [3.8, 4) is 6.07 Å². The molecule has 0 spiro atoms. The molecule has 0 aromatic carbocycles. The summed E-state index contributed by atoms with van der Waals surface area (Å²) < 4.78 is 5.17. The van der Waals surface area contributed by atoms with Gasteiger partial charge in [-0.15, -0.1) is 0 Å². The van der Waals surface area contributed by atoms with E-state index in [1.165, 1.54) is 32.1 Å². The van der Waals surface area contributed by atoms with Gasteiger partial charge in [0.25, 0.3) is 0 Å². The number of nitrogens with zero attached hydrogens (tertiary/aromatic N) is 1. The first kappa shape index (κ1) is 24.5. The molecule has 0 aliphatic heterocycles. The normalized spacial score (nSPS) is 21.7. The average molecular weight is 388 g/mol. The van der Waals surface area contributed by atoms with Gasteiger partial charge in [0.15, 0.2) is 0 Å². The minimum absolute atomic E-state index is 0.0375. The maximum absolute atomic E-state index is 11.5. The fraction of sp³-hybridized carbons (Fsp3) is 0.760. The lowest BCUT2D eigenvalue weighted by molar-refractivity contribution is -0.143. The van der Waals surface area contributed by atoms with Gasteiger partial charge in [-0.05, 0) is 50.4 Å². The molecule has 1 rings (SSSR count). The summed E-state index contributed by atoms with van der Waals surface area (Å²) in [6.45, 7) is 4.89. The summed E-state index contributed by atoms with van der Waals surface area (Å²) in [4.78, 5) is 11.5. The van der Waals surface area contributed by atoms with E-state index in [4.69, 9.17) is 4.74 Å². The second-order valence-electron chi connectivity index (χ2n) is 8.13. The zero-order valence-electron chi connectivity index (χ0n) is 18.2. The van der Waals surface area contributed by atoms with Crippen LogP contribution in [-0.2, 0) is 9.53 Å². The first-order valence-corrected chi connectivity index (χ1v) is 11.6. The van der Waals surface area contributed by atoms with E-state index in [1.54, 1.807) is 0 Å². The second kappa shape index (κ2) is 16.4. The van der Waals surface area contributed by atoms with E-state index in [0.717, 1.165) is 44.9 Å². The van der Waals surface area contributed by atoms with Crippen LogP contribution in [0.1, 0.15) is 97.3 Å². The molecule has 28 heavy (non-hydrogen) atoms. The molecule has 1 aliphatic rings. The van der Waals surface area contributed by atoms with E-state index in [9.17, 15) is 10.1 Å². The summed E-state index contributed by atoms with van der Waals surface area (Å²) in [5.41, 5.74) is 0. The van der Waals surface area contributed by atoms with Gasteiger partial charge >= 0.3 is 5.97 Å². The Hall–Kier alpha value is -1.56. The summed E-state index contributed by atoms with van der Waals surface area (Å²) in [7, 11) is 0. The molecule has 158 valence electrons. The SMILES string of the molecule is CCCCOC(=O)CCCCCCCC=CC1C=CC(CCCC)C(C#N)C1. The van der Waals surface area contributed by atoms with Gasteiger partial charge in [-0.3, -0.25) is 4.79 Å². The summed E-state index contributed by atoms with van der Waals surface area (Å²) in [5.74, 6) is 1.03. The Balaban J connectivity index is 2.06. The minimum atomic E-state index is -0.0375. The molecule has 0 bridgehead atoms. The molecule has 1 aliphatic carbocycles. The van der Waals surface area contributed by atoms with Crippen LogP contribution in [0.25, 0.3) is 0 Å². The first-order chi connectivity index (χ1) is 13.7. The molecule has 0 saturated carbocycles. The summed E-state index contributed by atoms with van der Waals surface area (Å²) in [6, 6.07) is 2.53. The van der Waals surface area contributed by atoms with Crippen molar-refractivity contribution in [3.63, 3.8) is 0 Å². The minimum Gasteiger partial charge on any atom is -0.466 e. The lowest BCUT2D eigenvalue weighted by atomic mass is 9.77. The molecule has 3 unspecified atom stereocenters. The summed E-state index contributed by atoms with van der Waals surface area (Å²) >= 11 is 0. The fourth-order valence-electron chi connectivity index (χ4n) is 3.73. The van der Waals surface area contributed by atoms with Crippen molar-refractivity contribution in [1.82, 2.24) is 0 Å². The number of nitriles is 1. The molecule has 3 nitrogen and oxygen atoms in total. The molecule has 0 amide bonds. The van der Waals surface area contributed by atoms with E-state index >= 15 is 0 Å². The third-order valence-corrected chi connectivity index (χ3v) is 5.60. The van der Waals surface area contributed by atoms with Gasteiger partial charge in [-0.1, -0.05) is 76.7 Å². The van der Waals surface area contributed by atoms with Gasteiger partial charge in [-0.25, -0.2) is 0 Å². The number of unbranched alkanes of at least 4 members (excludes halogenated alkanes) is 7. The number of esters is 1. The second-order valence-corrected chi connectivity index (χ2v) is 8.13. The van der Waals surface area contributed by atoms with Crippen LogP contribution < -0.4 is 0 Å². The van der Waals surface area contributed by atoms with Crippen LogP contribution in [0.3, 0.4) is 0 Å². The molecule has 0 N–H and O–H groups in total. The topological polar surface area (TPSA) is 50.1 Å². The van der Waals surface area contributed by atoms with Crippen LogP contribution in [0.4, 0.5) is 0 Å². The Morgan fingerprint density at radius 3 is 2.57 bits per heavy atom. The highest BCUT2D eigenvalue weighted by Gasteiger charge is 2.24. The summed E-state index contributed by atoms with van der Waals surface area (Å²) in [6.07, 6.45) is 23.1. The highest BCUT2D eigenvalue weighted by Crippen LogP contribution is 2.32. The number of ether oxygens (including phenoxy) is 1. The van der Waals surface area contributed by atoms with Crippen LogP contribution in [0, 0.1) is 29.1 Å². The van der Waals surface area contributed by atoms with E-state index in [-0.39, 0.29) is 11.9 Å². The van der Waals surface area contributed by atoms with Gasteiger partial charge in [0.05, 0.1) is 18.6 Å². The van der Waals surface area contributed by atoms with E-state index in [0.29, 0.717) is 24.9 Å². The van der Waals surface area contributed by atoms with E-state index in [1.807, 2.05) is 0 Å². The fourth-order valence-corrected chi connectivity index (χ4v) is 3.73. The first-order valence-electron chi connectivity index (χ1n) is 11.6. The Labute approximate surface area is 173 Å². The molecular formula is C25H41NO2. The van der Waals surface area contributed by atoms with Crippen molar-refractivity contribution in [2.75, 3.05) is 6.61 Å². The Morgan fingerprint density at radius 2 is 1.82 bits per heavy atom. The van der Waals surface area contributed by atoms with Crippen molar-refractivity contribution >= 4 is 5.97 Å². The molecule has 3 atom stereocenters. The predicted octanol–water partition coefficient (Wildman–Crippen LogP) is 7.14. The maximum atomic E-state index is 11.5. The maximum Gasteiger partial charge on any atom is 0.305 e. The largest absolute Gasteiger partial charge is 0.466 e. The average Bonchev–Trinajstić information content (AvgIpc) is 2.71. The van der Waals surface area contributed by atoms with E-state index in [2.05, 4.69) is 44.2 Å². The Morgan fingerprint density at radius 1 is 1.07 bits per heavy atom. The number of allylic oxidation sites excluding steroid dienone is 4. The molecule has 0 saturated heterocycles. The highest BCUT2D eigenvalue weighted by atomic mass is 16.5. The quantitative estimate of drug-likeness (QED) is 0.170. The van der Waals surface area contributed by atoms with E-state index < -0.39 is 0 Å². The zero-order chi connectivity index (χ0) is 20.5. The zero-order valence-corrected chi connectivity index (χ0v) is 18.2. The number of carbonyl (C=O) groups excluding carboxylic acids is 1. The van der Waals surface area contributed by atoms with Crippen LogP contribution in [0.2, 0.25) is 0 Å². The molecular weight excluding hydrogens is 346 g/mol. The summed E-state index contributed by atoms with van der Waals surface area (Å²) in [5, 5.41) is 9.44. The van der Waals surface area contributed by atoms with Gasteiger partial charge in [0.1, 0.15) is 0 Å². The van der Waals surface area contributed by atoms with Crippen LogP contribution in [-0.4, -0.2) is 12.6 Å². The van der Waals surface area contributed by atoms with Crippen molar-refractivity contribution in [1.29, 1.82) is 5.26 Å². The number of hydrogen-bond donors (Lipinski definition) is 0. The molecule has 3 heteroatoms. The molecule has 0 radical (unpaired) electrons. The smallest absolute Gasteiger partial charge is 0.305 e. The lowest BCUT2D eigenvalue weighted by Crippen LogP contribution is -2.18. The van der Waals surface area contributed by atoms with Gasteiger partial charge in [0, 0.05) is 6.42 Å². The van der Waals surface area contributed by atoms with Gasteiger partial charge in [0.2, 0.25) is 0 Å². The van der Waals surface area contributed by atoms with Crippen LogP contribution in [0.15, 0.2) is 24.3 Å². The van der Waals surface area contributed by atoms with Crippen molar-refractivity contribution in [3.05, 3.63) is 24.3 Å². The monoisotopic (exact) mass is 387 g/mol. The Kier molecular flexibility index (Phi) is 14.3. The molecule has 0 aromatic heterocycles. The van der Waals surface area contributed by atoms with Gasteiger partial charge < -0.3 is 4.74 Å². The van der Waals surface area contributed by atoms with Crippen molar-refractivity contribution < 1.29 is 9.53 Å². The van der Waals surface area contributed by atoms with Crippen molar-refractivity contribution in [2.24, 2.45) is 17.8 Å². The Bertz CT molecular complexity index is 503. The standard InChI is InChI=1S/C25H41NO2/c1-3-5-15-23-18-17-22(20-24(23)21-26)14-12-10-8-7-9-11-13-16-25(27)28-19-6-4-2/h12,14,17-18,22-24H,3-11,13,15-16,19-20H2,1-2H3. The number of hydrogen-bond acceptors (Lipinski definition) is 3. The predicted molar refractivity (Wildman–Crippen MR) is 117 cm³/mol. The molecule has 0 fully saturated rings. The highest BCUT2D eigenvalue weighted by molar-refractivity contribution is 5.69. The number of rotatable bonds is 15.